The number of H-pyrrole nitrogens is 1. The molecule has 0 bridgehead atoms. The summed E-state index contributed by atoms with van der Waals surface area (Å²) in [6.45, 7) is 0.509. The molecule has 0 atom stereocenters. The normalized spacial score (nSPS) is 10.8. The lowest BCUT2D eigenvalue weighted by molar-refractivity contribution is 0.0601. The number of methoxy groups -OCH3 is 1. The van der Waals surface area contributed by atoms with E-state index in [1.165, 1.54) is 17.7 Å². The van der Waals surface area contributed by atoms with Gasteiger partial charge in [0.15, 0.2) is 0 Å². The van der Waals surface area contributed by atoms with Crippen LogP contribution in [-0.2, 0) is 11.3 Å². The third-order valence-corrected chi connectivity index (χ3v) is 3.74. The number of carbonyl (C=O) groups is 1. The zero-order chi connectivity index (χ0) is 15.4. The maximum absolute atomic E-state index is 11.9. The number of hydrogen-bond donors (Lipinski definition) is 1. The quantitative estimate of drug-likeness (QED) is 0.502. The summed E-state index contributed by atoms with van der Waals surface area (Å²) in [5, 5.41) is 1.16. The molecular weight excluding hydrogens is 340 g/mol. The minimum absolute atomic E-state index is 0.279. The molecule has 2 aromatic rings. The molecule has 7 heteroatoms. The molecule has 0 fully saturated rings. The van der Waals surface area contributed by atoms with E-state index in [0.29, 0.717) is 17.4 Å². The van der Waals surface area contributed by atoms with E-state index in [0.717, 1.165) is 18.2 Å². The van der Waals surface area contributed by atoms with Crippen LogP contribution in [-0.4, -0.2) is 28.0 Å². The van der Waals surface area contributed by atoms with Crippen LogP contribution in [0.25, 0.3) is 10.9 Å². The van der Waals surface area contributed by atoms with Gasteiger partial charge in [-0.15, -0.1) is 0 Å². The molecule has 0 aliphatic heterocycles. The van der Waals surface area contributed by atoms with Gasteiger partial charge in [0.25, 0.3) is 5.56 Å². The average molecular weight is 355 g/mol. The Kier molecular flexibility index (Phi) is 4.95. The van der Waals surface area contributed by atoms with Gasteiger partial charge in [0.2, 0.25) is 0 Å². The van der Waals surface area contributed by atoms with Crippen molar-refractivity contribution in [3.05, 3.63) is 44.6 Å². The van der Waals surface area contributed by atoms with Gasteiger partial charge in [-0.25, -0.2) is 9.59 Å². The summed E-state index contributed by atoms with van der Waals surface area (Å²) < 4.78 is 6.15. The number of aromatic nitrogens is 2. The lowest BCUT2D eigenvalue weighted by atomic mass is 10.1. The fraction of sp³-hybridized carbons (Fsp3) is 0.357. The lowest BCUT2D eigenvalue weighted by Crippen LogP contribution is -2.30. The molecule has 1 aromatic heterocycles. The summed E-state index contributed by atoms with van der Waals surface area (Å²) in [6.07, 6.45) is 1.73. The standard InChI is InChI=1S/C14H15BrN2O4/c1-21-13(19)9-4-5-11-10(8-9)12(18)16-14(20)17(11)7-3-2-6-15/h4-5,8H,2-3,6-7H2,1H3,(H,16,18,20). The fourth-order valence-corrected chi connectivity index (χ4v) is 2.52. The summed E-state index contributed by atoms with van der Waals surface area (Å²) in [6, 6.07) is 4.60. The molecule has 1 heterocycles. The van der Waals surface area contributed by atoms with Gasteiger partial charge in [-0.2, -0.15) is 0 Å². The Morgan fingerprint density at radius 1 is 1.33 bits per heavy atom. The number of rotatable bonds is 5. The van der Waals surface area contributed by atoms with Crippen molar-refractivity contribution in [1.29, 1.82) is 0 Å². The van der Waals surface area contributed by atoms with Crippen molar-refractivity contribution in [3.8, 4) is 0 Å². The van der Waals surface area contributed by atoms with Gasteiger partial charge < -0.3 is 4.74 Å². The molecule has 0 spiro atoms. The molecule has 0 aliphatic carbocycles. The molecule has 112 valence electrons. The number of benzene rings is 1. The van der Waals surface area contributed by atoms with Crippen LogP contribution in [0.5, 0.6) is 0 Å². The van der Waals surface area contributed by atoms with Gasteiger partial charge in [0.1, 0.15) is 0 Å². The summed E-state index contributed by atoms with van der Waals surface area (Å²) >= 11 is 3.34. The number of ether oxygens (including phenoxy) is 1. The summed E-state index contributed by atoms with van der Waals surface area (Å²) in [5.41, 5.74) is -0.141. The Morgan fingerprint density at radius 3 is 2.76 bits per heavy atom. The number of fused-ring (bicyclic) bond motifs is 1. The van der Waals surface area contributed by atoms with E-state index in [1.807, 2.05) is 0 Å². The number of nitrogens with zero attached hydrogens (tertiary/aromatic N) is 1. The molecule has 1 N–H and O–H groups in total. The van der Waals surface area contributed by atoms with Crippen LogP contribution in [0.15, 0.2) is 27.8 Å². The molecule has 2 rings (SSSR count). The van der Waals surface area contributed by atoms with E-state index in [1.54, 1.807) is 12.1 Å². The van der Waals surface area contributed by atoms with E-state index < -0.39 is 17.2 Å². The predicted molar refractivity (Wildman–Crippen MR) is 83.2 cm³/mol. The van der Waals surface area contributed by atoms with E-state index >= 15 is 0 Å². The Labute approximate surface area is 128 Å². The smallest absolute Gasteiger partial charge is 0.337 e. The van der Waals surface area contributed by atoms with Crippen LogP contribution in [0.3, 0.4) is 0 Å². The summed E-state index contributed by atoms with van der Waals surface area (Å²) in [5.74, 6) is -0.520. The number of aromatic amines is 1. The second kappa shape index (κ2) is 6.71. The van der Waals surface area contributed by atoms with E-state index in [4.69, 9.17) is 0 Å². The number of esters is 1. The van der Waals surface area contributed by atoms with Gasteiger partial charge in [0.05, 0.1) is 23.6 Å². The zero-order valence-electron chi connectivity index (χ0n) is 11.5. The van der Waals surface area contributed by atoms with Crippen LogP contribution >= 0.6 is 15.9 Å². The number of nitrogens with one attached hydrogen (secondary N) is 1. The van der Waals surface area contributed by atoms with Gasteiger partial charge in [-0.1, -0.05) is 15.9 Å². The van der Waals surface area contributed by atoms with Gasteiger partial charge in [-0.05, 0) is 31.0 Å². The predicted octanol–water partition coefficient (Wildman–Crippen LogP) is 1.65. The molecule has 0 amide bonds. The highest BCUT2D eigenvalue weighted by atomic mass is 79.9. The first kappa shape index (κ1) is 15.5. The molecule has 21 heavy (non-hydrogen) atoms. The van der Waals surface area contributed by atoms with Crippen LogP contribution in [0, 0.1) is 0 Å². The van der Waals surface area contributed by atoms with Crippen molar-refractivity contribution in [1.82, 2.24) is 9.55 Å². The molecule has 0 radical (unpaired) electrons. The second-order valence-corrected chi connectivity index (χ2v) is 5.32. The molecule has 0 saturated heterocycles. The summed E-state index contributed by atoms with van der Waals surface area (Å²) in [7, 11) is 1.28. The van der Waals surface area contributed by atoms with Crippen molar-refractivity contribution in [3.63, 3.8) is 0 Å². The van der Waals surface area contributed by atoms with Crippen molar-refractivity contribution >= 4 is 32.8 Å². The van der Waals surface area contributed by atoms with Crippen LogP contribution in [0.2, 0.25) is 0 Å². The molecule has 1 aromatic carbocycles. The van der Waals surface area contributed by atoms with Crippen molar-refractivity contribution < 1.29 is 9.53 Å². The highest BCUT2D eigenvalue weighted by Gasteiger charge is 2.11. The maximum atomic E-state index is 11.9. The Balaban J connectivity index is 2.57. The van der Waals surface area contributed by atoms with E-state index in [9.17, 15) is 14.4 Å². The Hall–Kier alpha value is -1.89. The van der Waals surface area contributed by atoms with Crippen LogP contribution in [0.1, 0.15) is 23.2 Å². The fourth-order valence-electron chi connectivity index (χ4n) is 2.13. The van der Waals surface area contributed by atoms with Gasteiger partial charge >= 0.3 is 11.7 Å². The average Bonchev–Trinajstić information content (AvgIpc) is 2.49. The Morgan fingerprint density at radius 2 is 2.10 bits per heavy atom. The third kappa shape index (κ3) is 3.24. The number of unbranched alkanes of at least 4 members (excludes halogenated alkanes) is 1. The maximum Gasteiger partial charge on any atom is 0.337 e. The third-order valence-electron chi connectivity index (χ3n) is 3.18. The minimum Gasteiger partial charge on any atom is -0.465 e. The monoisotopic (exact) mass is 354 g/mol. The molecular formula is C14H15BrN2O4. The SMILES string of the molecule is COC(=O)c1ccc2c(c1)c(=O)[nH]c(=O)n2CCCCBr. The van der Waals surface area contributed by atoms with Gasteiger partial charge in [-0.3, -0.25) is 14.3 Å². The van der Waals surface area contributed by atoms with Crippen molar-refractivity contribution in [2.75, 3.05) is 12.4 Å². The lowest BCUT2D eigenvalue weighted by Gasteiger charge is -2.09. The second-order valence-electron chi connectivity index (χ2n) is 4.53. The minimum atomic E-state index is -0.520. The van der Waals surface area contributed by atoms with Crippen LogP contribution < -0.4 is 11.2 Å². The first-order valence-electron chi connectivity index (χ1n) is 6.49. The zero-order valence-corrected chi connectivity index (χ0v) is 13.1. The van der Waals surface area contributed by atoms with Crippen molar-refractivity contribution in [2.45, 2.75) is 19.4 Å². The highest BCUT2D eigenvalue weighted by molar-refractivity contribution is 9.09. The number of alkyl halides is 1. The first-order chi connectivity index (χ1) is 10.1. The number of carbonyl (C=O) groups excluding carboxylic acids is 1. The molecule has 0 unspecified atom stereocenters. The van der Waals surface area contributed by atoms with Crippen LogP contribution in [0.4, 0.5) is 0 Å². The van der Waals surface area contributed by atoms with E-state index in [-0.39, 0.29) is 5.56 Å². The first-order valence-corrected chi connectivity index (χ1v) is 7.61. The van der Waals surface area contributed by atoms with E-state index in [2.05, 4.69) is 25.7 Å². The molecule has 6 nitrogen and oxygen atoms in total. The largest absolute Gasteiger partial charge is 0.465 e. The Bertz CT molecular complexity index is 779. The number of hydrogen-bond acceptors (Lipinski definition) is 4. The number of aryl methyl sites for hydroxylation is 1. The van der Waals surface area contributed by atoms with Crippen molar-refractivity contribution in [2.24, 2.45) is 0 Å². The molecule has 0 saturated carbocycles. The van der Waals surface area contributed by atoms with Gasteiger partial charge in [0, 0.05) is 11.9 Å². The topological polar surface area (TPSA) is 81.2 Å². The number of halogens is 1. The molecule has 0 aliphatic rings. The highest BCUT2D eigenvalue weighted by Crippen LogP contribution is 2.12. The summed E-state index contributed by atoms with van der Waals surface area (Å²) in [4.78, 5) is 37.6.